The number of nitrogens with zero attached hydrogens (tertiary/aromatic N) is 4. The minimum atomic E-state index is -3.94. The largest absolute Gasteiger partial charge is 0.463 e. The summed E-state index contributed by atoms with van der Waals surface area (Å²) >= 11 is 0. The van der Waals surface area contributed by atoms with Crippen LogP contribution in [0, 0.1) is 5.41 Å². The lowest BCUT2D eigenvalue weighted by molar-refractivity contribution is -0.153. The van der Waals surface area contributed by atoms with E-state index >= 15 is 0 Å². The molecule has 0 aliphatic heterocycles. The Balaban J connectivity index is 1.70. The summed E-state index contributed by atoms with van der Waals surface area (Å²) in [7, 11) is -3.94. The Morgan fingerprint density at radius 1 is 1.26 bits per heavy atom. The predicted molar refractivity (Wildman–Crippen MR) is 96.7 cm³/mol. The van der Waals surface area contributed by atoms with Gasteiger partial charge in [-0.25, -0.2) is 15.0 Å². The van der Waals surface area contributed by atoms with E-state index in [0.29, 0.717) is 17.7 Å². The lowest BCUT2D eigenvalue weighted by atomic mass is 9.97. The fraction of sp³-hybridized carbons (Fsp3) is 0.600. The first kappa shape index (κ1) is 21.2. The molecule has 1 unspecified atom stereocenters. The number of rotatable bonds is 9. The van der Waals surface area contributed by atoms with Gasteiger partial charge in [-0.2, -0.15) is 0 Å². The van der Waals surface area contributed by atoms with Gasteiger partial charge in [0.2, 0.25) is 0 Å². The van der Waals surface area contributed by atoms with E-state index in [1.165, 1.54) is 12.7 Å². The van der Waals surface area contributed by atoms with Crippen LogP contribution in [0.25, 0.3) is 11.2 Å². The summed E-state index contributed by atoms with van der Waals surface area (Å²) in [5.74, 6) is -0.132. The molecule has 11 nitrogen and oxygen atoms in total. The smallest absolute Gasteiger partial charge is 0.353 e. The number of fused-ring (bicyclic) bond motifs is 1. The van der Waals surface area contributed by atoms with Crippen molar-refractivity contribution in [3.05, 3.63) is 12.7 Å². The van der Waals surface area contributed by atoms with Gasteiger partial charge < -0.3 is 29.2 Å². The van der Waals surface area contributed by atoms with Gasteiger partial charge in [-0.05, 0) is 20.8 Å². The molecule has 0 fully saturated rings. The SMILES string of the molecule is CC(C)(C)C(=O)OCCOP(=O)(O)COCCn1cnc2c(N)ncnc21. The lowest BCUT2D eigenvalue weighted by Gasteiger charge is -2.17. The number of ether oxygens (including phenoxy) is 2. The van der Waals surface area contributed by atoms with Crippen molar-refractivity contribution in [3.8, 4) is 0 Å². The molecule has 0 bridgehead atoms. The van der Waals surface area contributed by atoms with Gasteiger partial charge in [-0.15, -0.1) is 0 Å². The predicted octanol–water partition coefficient (Wildman–Crippen LogP) is 1.17. The van der Waals surface area contributed by atoms with Crippen molar-refractivity contribution in [1.29, 1.82) is 0 Å². The van der Waals surface area contributed by atoms with Crippen molar-refractivity contribution < 1.29 is 28.3 Å². The van der Waals surface area contributed by atoms with Crippen molar-refractivity contribution in [1.82, 2.24) is 19.5 Å². The van der Waals surface area contributed by atoms with Gasteiger partial charge in [0.15, 0.2) is 11.5 Å². The van der Waals surface area contributed by atoms with Crippen molar-refractivity contribution in [3.63, 3.8) is 0 Å². The molecule has 0 spiro atoms. The molecule has 150 valence electrons. The number of nitrogens with two attached hydrogens (primary N) is 1. The number of esters is 1. The van der Waals surface area contributed by atoms with Gasteiger partial charge in [-0.1, -0.05) is 0 Å². The van der Waals surface area contributed by atoms with E-state index in [0.717, 1.165) is 0 Å². The minimum Gasteiger partial charge on any atom is -0.463 e. The van der Waals surface area contributed by atoms with Gasteiger partial charge in [0.05, 0.1) is 25.0 Å². The zero-order valence-electron chi connectivity index (χ0n) is 15.5. The molecule has 0 saturated heterocycles. The van der Waals surface area contributed by atoms with Crippen LogP contribution in [-0.4, -0.2) is 56.6 Å². The maximum atomic E-state index is 11.9. The quantitative estimate of drug-likeness (QED) is 0.356. The van der Waals surface area contributed by atoms with Gasteiger partial charge in [-0.3, -0.25) is 9.36 Å². The second-order valence-corrected chi connectivity index (χ2v) is 8.55. The summed E-state index contributed by atoms with van der Waals surface area (Å²) in [4.78, 5) is 33.3. The Hall–Kier alpha value is -2.07. The van der Waals surface area contributed by atoms with Crippen LogP contribution >= 0.6 is 7.60 Å². The van der Waals surface area contributed by atoms with E-state index < -0.39 is 25.3 Å². The number of carbonyl (C=O) groups excluding carboxylic acids is 1. The Bertz CT molecular complexity index is 834. The van der Waals surface area contributed by atoms with Crippen LogP contribution in [0.15, 0.2) is 12.7 Å². The summed E-state index contributed by atoms with van der Waals surface area (Å²) in [6, 6.07) is 0. The van der Waals surface area contributed by atoms with Crippen LogP contribution in [0.2, 0.25) is 0 Å². The van der Waals surface area contributed by atoms with Crippen molar-refractivity contribution in [2.75, 3.05) is 31.9 Å². The molecular weight excluding hydrogens is 377 g/mol. The van der Waals surface area contributed by atoms with Gasteiger partial charge in [0, 0.05) is 6.54 Å². The lowest BCUT2D eigenvalue weighted by Crippen LogP contribution is -2.24. The normalized spacial score (nSPS) is 14.2. The molecule has 27 heavy (non-hydrogen) atoms. The molecular formula is C15H24N5O6P. The van der Waals surface area contributed by atoms with Gasteiger partial charge in [0.1, 0.15) is 24.8 Å². The maximum Gasteiger partial charge on any atom is 0.353 e. The average Bonchev–Trinajstić information content (AvgIpc) is 2.99. The van der Waals surface area contributed by atoms with Gasteiger partial charge in [0.25, 0.3) is 0 Å². The molecule has 0 radical (unpaired) electrons. The molecule has 0 saturated carbocycles. The van der Waals surface area contributed by atoms with E-state index in [2.05, 4.69) is 15.0 Å². The standard InChI is InChI=1S/C15H24N5O6P/c1-15(2,3)14(21)25-6-7-26-27(22,23)10-24-5-4-20-9-19-11-12(16)17-8-18-13(11)20/h8-9H,4-7,10H2,1-3H3,(H,22,23)(H2,16,17,18). The van der Waals surface area contributed by atoms with Crippen molar-refractivity contribution in [2.45, 2.75) is 27.3 Å². The third-order valence-electron chi connectivity index (χ3n) is 3.38. The Morgan fingerprint density at radius 3 is 2.70 bits per heavy atom. The van der Waals surface area contributed by atoms with Gasteiger partial charge >= 0.3 is 13.6 Å². The molecule has 2 rings (SSSR count). The van der Waals surface area contributed by atoms with E-state index in [4.69, 9.17) is 19.7 Å². The molecule has 2 aromatic heterocycles. The molecule has 2 aromatic rings. The molecule has 1 atom stereocenters. The first-order valence-electron chi connectivity index (χ1n) is 8.23. The maximum absolute atomic E-state index is 11.9. The second kappa shape index (κ2) is 8.75. The van der Waals surface area contributed by atoms with Crippen LogP contribution in [0.4, 0.5) is 5.82 Å². The van der Waals surface area contributed by atoms with Crippen LogP contribution in [0.1, 0.15) is 20.8 Å². The third-order valence-corrected chi connectivity index (χ3v) is 4.48. The number of hydrogen-bond acceptors (Lipinski definition) is 9. The highest BCUT2D eigenvalue weighted by molar-refractivity contribution is 7.52. The van der Waals surface area contributed by atoms with E-state index in [1.54, 1.807) is 25.3 Å². The molecule has 0 aliphatic carbocycles. The average molecular weight is 401 g/mol. The number of aromatic nitrogens is 4. The minimum absolute atomic E-state index is 0.108. The zero-order valence-corrected chi connectivity index (χ0v) is 16.4. The molecule has 3 N–H and O–H groups in total. The molecule has 0 aliphatic rings. The molecule has 0 aromatic carbocycles. The topological polar surface area (TPSA) is 152 Å². The van der Waals surface area contributed by atoms with Crippen LogP contribution in [0.3, 0.4) is 0 Å². The zero-order chi connectivity index (χ0) is 20.1. The van der Waals surface area contributed by atoms with E-state index in [1.807, 2.05) is 0 Å². The molecule has 0 amide bonds. The summed E-state index contributed by atoms with van der Waals surface area (Å²) in [6.45, 7) is 5.34. The summed E-state index contributed by atoms with van der Waals surface area (Å²) < 4.78 is 28.6. The molecule has 12 heteroatoms. The summed E-state index contributed by atoms with van der Waals surface area (Å²) in [5, 5.41) is 0. The summed E-state index contributed by atoms with van der Waals surface area (Å²) in [6.07, 6.45) is 2.39. The Labute approximate surface area is 156 Å². The highest BCUT2D eigenvalue weighted by atomic mass is 31.2. The monoisotopic (exact) mass is 401 g/mol. The summed E-state index contributed by atoms with van der Waals surface area (Å²) in [5.41, 5.74) is 6.10. The van der Waals surface area contributed by atoms with Crippen molar-refractivity contribution in [2.24, 2.45) is 5.41 Å². The first-order chi connectivity index (χ1) is 12.6. The fourth-order valence-corrected chi connectivity index (χ4v) is 2.77. The first-order valence-corrected chi connectivity index (χ1v) is 9.99. The number of anilines is 1. The molecule has 2 heterocycles. The third kappa shape index (κ3) is 6.24. The second-order valence-electron chi connectivity index (χ2n) is 6.76. The number of imidazole rings is 1. The number of carbonyl (C=O) groups is 1. The van der Waals surface area contributed by atoms with Crippen LogP contribution in [0.5, 0.6) is 0 Å². The van der Waals surface area contributed by atoms with E-state index in [9.17, 15) is 14.3 Å². The fourth-order valence-electron chi connectivity index (χ4n) is 1.97. The Morgan fingerprint density at radius 2 is 2.00 bits per heavy atom. The Kier molecular flexibility index (Phi) is 6.88. The van der Waals surface area contributed by atoms with Crippen molar-refractivity contribution >= 4 is 30.5 Å². The van der Waals surface area contributed by atoms with Crippen LogP contribution in [-0.2, 0) is 29.9 Å². The van der Waals surface area contributed by atoms with E-state index in [-0.39, 0.29) is 25.6 Å². The highest BCUT2D eigenvalue weighted by Crippen LogP contribution is 2.41. The number of hydrogen-bond donors (Lipinski definition) is 2. The highest BCUT2D eigenvalue weighted by Gasteiger charge is 2.24. The van der Waals surface area contributed by atoms with Crippen LogP contribution < -0.4 is 5.73 Å². The number of nitrogen functional groups attached to an aromatic ring is 1.